The van der Waals surface area contributed by atoms with E-state index in [4.69, 9.17) is 0 Å². The molecule has 25 heavy (non-hydrogen) atoms. The van der Waals surface area contributed by atoms with Crippen LogP contribution in [0.5, 0.6) is 0 Å². The Hall–Kier alpha value is -2.38. The van der Waals surface area contributed by atoms with Crippen LogP contribution in [0, 0.1) is 0 Å². The standard InChI is InChI=1S/C17H28N8/c1-5-14-13(15(6-2)24(4)23-14)9-19-17(18-3)22-12-7-8-16-20-11-21-25(16)10-12/h11-12H,5-10H2,1-4H3,(H2,18,19,22). The number of rotatable bonds is 5. The van der Waals surface area contributed by atoms with Crippen molar-refractivity contribution in [2.24, 2.45) is 12.0 Å². The topological polar surface area (TPSA) is 84.9 Å². The summed E-state index contributed by atoms with van der Waals surface area (Å²) in [6.07, 6.45) is 5.52. The fraction of sp³-hybridized carbons (Fsp3) is 0.647. The van der Waals surface area contributed by atoms with Gasteiger partial charge in [0.2, 0.25) is 0 Å². The van der Waals surface area contributed by atoms with Gasteiger partial charge in [-0.15, -0.1) is 0 Å². The first-order valence-corrected chi connectivity index (χ1v) is 9.03. The Balaban J connectivity index is 1.62. The Bertz CT molecular complexity index is 742. The van der Waals surface area contributed by atoms with Gasteiger partial charge in [-0.3, -0.25) is 9.67 Å². The summed E-state index contributed by atoms with van der Waals surface area (Å²) in [6.45, 7) is 5.88. The molecule has 1 atom stereocenters. The van der Waals surface area contributed by atoms with E-state index in [0.717, 1.165) is 56.3 Å². The zero-order valence-corrected chi connectivity index (χ0v) is 15.6. The van der Waals surface area contributed by atoms with Crippen LogP contribution in [0.15, 0.2) is 11.3 Å². The monoisotopic (exact) mass is 344 g/mol. The van der Waals surface area contributed by atoms with Crippen molar-refractivity contribution in [2.75, 3.05) is 7.05 Å². The highest BCUT2D eigenvalue weighted by atomic mass is 15.4. The molecule has 136 valence electrons. The normalized spacial score (nSPS) is 17.4. The summed E-state index contributed by atoms with van der Waals surface area (Å²) in [5.74, 6) is 1.89. The number of aromatic nitrogens is 5. The predicted molar refractivity (Wildman–Crippen MR) is 97.4 cm³/mol. The number of fused-ring (bicyclic) bond motifs is 1. The van der Waals surface area contributed by atoms with Crippen molar-refractivity contribution in [3.05, 3.63) is 29.1 Å². The Morgan fingerprint density at radius 3 is 2.92 bits per heavy atom. The van der Waals surface area contributed by atoms with Crippen molar-refractivity contribution >= 4 is 5.96 Å². The van der Waals surface area contributed by atoms with E-state index < -0.39 is 0 Å². The molecule has 8 heteroatoms. The van der Waals surface area contributed by atoms with Gasteiger partial charge in [-0.25, -0.2) is 9.67 Å². The lowest BCUT2D eigenvalue weighted by molar-refractivity contribution is 0.392. The molecule has 0 saturated carbocycles. The maximum atomic E-state index is 4.64. The molecule has 0 saturated heterocycles. The van der Waals surface area contributed by atoms with Crippen LogP contribution in [0.3, 0.4) is 0 Å². The fourth-order valence-corrected chi connectivity index (χ4v) is 3.51. The lowest BCUT2D eigenvalue weighted by Crippen LogP contribution is -2.46. The van der Waals surface area contributed by atoms with Crippen molar-refractivity contribution in [3.8, 4) is 0 Å². The molecule has 3 heterocycles. The van der Waals surface area contributed by atoms with Crippen LogP contribution in [0.4, 0.5) is 0 Å². The van der Waals surface area contributed by atoms with E-state index in [-0.39, 0.29) is 0 Å². The lowest BCUT2D eigenvalue weighted by atomic mass is 10.1. The first-order valence-electron chi connectivity index (χ1n) is 9.03. The van der Waals surface area contributed by atoms with E-state index in [1.807, 2.05) is 23.5 Å². The number of aliphatic imine (C=N–C) groups is 1. The van der Waals surface area contributed by atoms with Gasteiger partial charge >= 0.3 is 0 Å². The number of nitrogens with zero attached hydrogens (tertiary/aromatic N) is 6. The van der Waals surface area contributed by atoms with Gasteiger partial charge in [0.15, 0.2) is 5.96 Å². The molecular weight excluding hydrogens is 316 g/mol. The molecule has 8 nitrogen and oxygen atoms in total. The largest absolute Gasteiger partial charge is 0.352 e. The van der Waals surface area contributed by atoms with Gasteiger partial charge in [0, 0.05) is 44.4 Å². The van der Waals surface area contributed by atoms with Crippen LogP contribution in [0.1, 0.15) is 43.0 Å². The lowest BCUT2D eigenvalue weighted by Gasteiger charge is -2.25. The van der Waals surface area contributed by atoms with E-state index >= 15 is 0 Å². The molecule has 0 bridgehead atoms. The molecule has 1 aliphatic heterocycles. The minimum atomic E-state index is 0.311. The van der Waals surface area contributed by atoms with Gasteiger partial charge < -0.3 is 10.6 Å². The molecule has 3 rings (SSSR count). The first-order chi connectivity index (χ1) is 12.2. The highest BCUT2D eigenvalue weighted by molar-refractivity contribution is 5.80. The third-order valence-corrected chi connectivity index (χ3v) is 4.83. The molecule has 2 N–H and O–H groups in total. The SMILES string of the molecule is CCc1nn(C)c(CC)c1CNC(=NC)NC1CCc2ncnn2C1. The Labute approximate surface area is 148 Å². The van der Waals surface area contributed by atoms with Gasteiger partial charge in [0.25, 0.3) is 0 Å². The van der Waals surface area contributed by atoms with Crippen LogP contribution in [-0.2, 0) is 39.4 Å². The number of nitrogens with one attached hydrogen (secondary N) is 2. The van der Waals surface area contributed by atoms with Crippen molar-refractivity contribution in [1.29, 1.82) is 0 Å². The highest BCUT2D eigenvalue weighted by Gasteiger charge is 2.21. The van der Waals surface area contributed by atoms with Crippen LogP contribution >= 0.6 is 0 Å². The summed E-state index contributed by atoms with van der Waals surface area (Å²) in [5, 5.41) is 15.9. The van der Waals surface area contributed by atoms with E-state index in [2.05, 4.69) is 44.7 Å². The van der Waals surface area contributed by atoms with Gasteiger partial charge in [0.05, 0.1) is 12.2 Å². The van der Waals surface area contributed by atoms with E-state index in [1.165, 1.54) is 11.3 Å². The molecule has 0 fully saturated rings. The molecule has 1 aliphatic rings. The number of hydrogen-bond acceptors (Lipinski definition) is 4. The second-order valence-electron chi connectivity index (χ2n) is 6.37. The average molecular weight is 344 g/mol. The van der Waals surface area contributed by atoms with Crippen molar-refractivity contribution in [1.82, 2.24) is 35.2 Å². The van der Waals surface area contributed by atoms with E-state index in [9.17, 15) is 0 Å². The smallest absolute Gasteiger partial charge is 0.191 e. The van der Waals surface area contributed by atoms with Crippen molar-refractivity contribution < 1.29 is 0 Å². The van der Waals surface area contributed by atoms with Gasteiger partial charge in [-0.05, 0) is 19.3 Å². The third-order valence-electron chi connectivity index (χ3n) is 4.83. The second-order valence-corrected chi connectivity index (χ2v) is 6.37. The van der Waals surface area contributed by atoms with E-state index in [1.54, 1.807) is 6.33 Å². The highest BCUT2D eigenvalue weighted by Crippen LogP contribution is 2.15. The Morgan fingerprint density at radius 2 is 2.20 bits per heavy atom. The van der Waals surface area contributed by atoms with Gasteiger partial charge in [-0.2, -0.15) is 10.2 Å². The minimum Gasteiger partial charge on any atom is -0.352 e. The molecular formula is C17H28N8. The van der Waals surface area contributed by atoms with Crippen molar-refractivity contribution in [3.63, 3.8) is 0 Å². The third kappa shape index (κ3) is 3.67. The van der Waals surface area contributed by atoms with Crippen LogP contribution in [-0.4, -0.2) is 43.6 Å². The molecule has 0 amide bonds. The maximum Gasteiger partial charge on any atom is 0.191 e. The molecule has 0 aromatic carbocycles. The first kappa shape index (κ1) is 17.4. The second kappa shape index (κ2) is 7.67. The summed E-state index contributed by atoms with van der Waals surface area (Å²) in [5.41, 5.74) is 3.73. The molecule has 0 spiro atoms. The quantitative estimate of drug-likeness (QED) is 0.619. The van der Waals surface area contributed by atoms with Crippen LogP contribution in [0.25, 0.3) is 0 Å². The number of aryl methyl sites for hydroxylation is 3. The Morgan fingerprint density at radius 1 is 1.36 bits per heavy atom. The molecule has 0 radical (unpaired) electrons. The van der Waals surface area contributed by atoms with E-state index in [0.29, 0.717) is 6.04 Å². The fourth-order valence-electron chi connectivity index (χ4n) is 3.51. The van der Waals surface area contributed by atoms with Gasteiger partial charge in [-0.1, -0.05) is 13.8 Å². The predicted octanol–water partition coefficient (Wildman–Crippen LogP) is 0.816. The summed E-state index contributed by atoms with van der Waals surface area (Å²) in [4.78, 5) is 8.66. The van der Waals surface area contributed by atoms with Crippen LogP contribution < -0.4 is 10.6 Å². The summed E-state index contributed by atoms with van der Waals surface area (Å²) < 4.78 is 3.97. The molecule has 0 aliphatic carbocycles. The summed E-state index contributed by atoms with van der Waals surface area (Å²) in [7, 11) is 3.83. The minimum absolute atomic E-state index is 0.311. The molecule has 2 aromatic rings. The summed E-state index contributed by atoms with van der Waals surface area (Å²) in [6, 6.07) is 0.311. The summed E-state index contributed by atoms with van der Waals surface area (Å²) >= 11 is 0. The maximum absolute atomic E-state index is 4.64. The van der Waals surface area contributed by atoms with Crippen molar-refractivity contribution in [2.45, 2.75) is 58.7 Å². The molecule has 1 unspecified atom stereocenters. The number of guanidine groups is 1. The molecule has 2 aromatic heterocycles. The van der Waals surface area contributed by atoms with Crippen LogP contribution in [0.2, 0.25) is 0 Å². The Kier molecular flexibility index (Phi) is 5.35. The zero-order chi connectivity index (χ0) is 17.8. The zero-order valence-electron chi connectivity index (χ0n) is 15.6. The van der Waals surface area contributed by atoms with Gasteiger partial charge in [0.1, 0.15) is 12.2 Å². The average Bonchev–Trinajstić information content (AvgIpc) is 3.21. The number of hydrogen-bond donors (Lipinski definition) is 2.